The van der Waals surface area contributed by atoms with Gasteiger partial charge in [-0.2, -0.15) is 0 Å². The summed E-state index contributed by atoms with van der Waals surface area (Å²) in [5.41, 5.74) is 0.897. The molecular weight excluding hydrogens is 414 g/mol. The Morgan fingerprint density at radius 1 is 1.23 bits per heavy atom. The number of halogens is 1. The van der Waals surface area contributed by atoms with Gasteiger partial charge in [-0.25, -0.2) is 4.79 Å². The molecule has 142 valence electrons. The molecule has 0 aliphatic heterocycles. The first-order valence-corrected chi connectivity index (χ1v) is 12.8. The van der Waals surface area contributed by atoms with Crippen LogP contribution < -0.4 is 10.1 Å². The van der Waals surface area contributed by atoms with Crippen molar-refractivity contribution >= 4 is 35.4 Å². The molecule has 2 aromatic rings. The zero-order valence-corrected chi connectivity index (χ0v) is 18.9. The average Bonchev–Trinajstić information content (AvgIpc) is 2.97. The molecule has 0 aliphatic carbocycles. The van der Waals surface area contributed by atoms with Gasteiger partial charge < -0.3 is 14.0 Å². The van der Waals surface area contributed by atoms with Crippen molar-refractivity contribution in [2.45, 2.75) is 59.0 Å². The number of nitrogens with zero attached hydrogens (tertiary/aromatic N) is 1. The maximum atomic E-state index is 12.2. The summed E-state index contributed by atoms with van der Waals surface area (Å²) in [6.07, 6.45) is -0.738. The van der Waals surface area contributed by atoms with Crippen molar-refractivity contribution in [2.75, 3.05) is 0 Å². The summed E-state index contributed by atoms with van der Waals surface area (Å²) in [6, 6.07) is 7.53. The maximum absolute atomic E-state index is 12.2. The number of esters is 1. The van der Waals surface area contributed by atoms with Crippen LogP contribution in [-0.2, 0) is 9.53 Å². The molecule has 0 bridgehead atoms. The minimum Gasteiger partial charge on any atom is -0.478 e. The predicted molar refractivity (Wildman–Crippen MR) is 109 cm³/mol. The van der Waals surface area contributed by atoms with E-state index in [2.05, 4.69) is 40.7 Å². The first kappa shape index (κ1) is 20.7. The molecule has 1 heterocycles. The Morgan fingerprint density at radius 3 is 2.42 bits per heavy atom. The summed E-state index contributed by atoms with van der Waals surface area (Å²) in [5.74, 6) is 0.149. The first-order chi connectivity index (χ1) is 11.9. The van der Waals surface area contributed by atoms with Crippen LogP contribution in [0.1, 0.15) is 27.7 Å². The highest BCUT2D eigenvalue weighted by Gasteiger charge is 2.26. The van der Waals surface area contributed by atoms with Gasteiger partial charge in [-0.05, 0) is 45.9 Å². The Bertz CT molecular complexity index is 790. The fourth-order valence-electron chi connectivity index (χ4n) is 2.18. The quantitative estimate of drug-likeness (QED) is 0.496. The molecule has 0 amide bonds. The summed E-state index contributed by atoms with van der Waals surface area (Å²) in [6.45, 7) is 13.7. The average molecular weight is 440 g/mol. The van der Waals surface area contributed by atoms with E-state index in [-0.39, 0.29) is 0 Å². The number of aromatic nitrogens is 1. The second kappa shape index (κ2) is 7.56. The van der Waals surface area contributed by atoms with E-state index in [0.29, 0.717) is 11.4 Å². The molecule has 1 atom stereocenters. The monoisotopic (exact) mass is 439 g/mol. The molecule has 0 aliphatic rings. The third-order valence-corrected chi connectivity index (χ3v) is 5.72. The standard InChI is InChI=1S/C19H26BrNO4Si/c1-12(18(22)24-19(2,3)4)23-16-9-8-13(20)10-14(16)15-11-17(25-21-15)26(5,6)7/h8-12H,1-7H3/t12-/m0/s1. The van der Waals surface area contributed by atoms with Gasteiger partial charge >= 0.3 is 5.97 Å². The fraction of sp³-hybridized carbons (Fsp3) is 0.474. The lowest BCUT2D eigenvalue weighted by Gasteiger charge is -2.23. The van der Waals surface area contributed by atoms with E-state index in [1.54, 1.807) is 6.92 Å². The highest BCUT2D eigenvalue weighted by Crippen LogP contribution is 2.32. The fourth-order valence-corrected chi connectivity index (χ4v) is 3.43. The lowest BCUT2D eigenvalue weighted by atomic mass is 10.1. The third kappa shape index (κ3) is 5.44. The minimum absolute atomic E-state index is 0.408. The molecule has 0 saturated heterocycles. The topological polar surface area (TPSA) is 61.6 Å². The Kier molecular flexibility index (Phi) is 6.02. The molecule has 26 heavy (non-hydrogen) atoms. The molecule has 0 N–H and O–H groups in total. The predicted octanol–water partition coefficient (Wildman–Crippen LogP) is 4.76. The van der Waals surface area contributed by atoms with Crippen LogP contribution in [0.3, 0.4) is 0 Å². The molecular formula is C19H26BrNO4Si. The van der Waals surface area contributed by atoms with Crippen LogP contribution in [0.2, 0.25) is 19.6 Å². The SMILES string of the molecule is C[C@H](Oc1ccc(Br)cc1-c1cc([Si](C)(C)C)on1)C(=O)OC(C)(C)C. The number of hydrogen-bond acceptors (Lipinski definition) is 5. The van der Waals surface area contributed by atoms with Gasteiger partial charge in [-0.15, -0.1) is 0 Å². The van der Waals surface area contributed by atoms with E-state index in [0.717, 1.165) is 15.4 Å². The number of benzene rings is 1. The second-order valence-electron chi connectivity index (χ2n) is 8.26. The summed E-state index contributed by atoms with van der Waals surface area (Å²) >= 11 is 3.48. The van der Waals surface area contributed by atoms with E-state index in [1.165, 1.54) is 0 Å². The number of ether oxygens (including phenoxy) is 2. The largest absolute Gasteiger partial charge is 0.478 e. The molecule has 0 radical (unpaired) electrons. The van der Waals surface area contributed by atoms with Crippen LogP contribution in [0, 0.1) is 0 Å². The number of rotatable bonds is 5. The highest BCUT2D eigenvalue weighted by molar-refractivity contribution is 9.10. The first-order valence-electron chi connectivity index (χ1n) is 8.53. The molecule has 1 aromatic carbocycles. The zero-order chi connectivity index (χ0) is 19.7. The van der Waals surface area contributed by atoms with Crippen molar-refractivity contribution < 1.29 is 18.8 Å². The zero-order valence-electron chi connectivity index (χ0n) is 16.3. The Morgan fingerprint density at radius 2 is 1.88 bits per heavy atom. The Labute approximate surface area is 164 Å². The van der Waals surface area contributed by atoms with Gasteiger partial charge in [0.05, 0.1) is 0 Å². The van der Waals surface area contributed by atoms with E-state index < -0.39 is 25.7 Å². The van der Waals surface area contributed by atoms with Gasteiger partial charge in [-0.1, -0.05) is 40.7 Å². The van der Waals surface area contributed by atoms with Crippen LogP contribution in [-0.4, -0.2) is 30.9 Å². The summed E-state index contributed by atoms with van der Waals surface area (Å²) in [7, 11) is -1.61. The maximum Gasteiger partial charge on any atom is 0.347 e. The Balaban J connectivity index is 2.31. The molecule has 0 saturated carbocycles. The van der Waals surface area contributed by atoms with Crippen molar-refractivity contribution in [3.05, 3.63) is 28.7 Å². The lowest BCUT2D eigenvalue weighted by molar-refractivity contribution is -0.162. The highest BCUT2D eigenvalue weighted by atomic mass is 79.9. The molecule has 0 spiro atoms. The van der Waals surface area contributed by atoms with E-state index >= 15 is 0 Å². The Hall–Kier alpha value is -1.60. The van der Waals surface area contributed by atoms with Crippen molar-refractivity contribution in [3.8, 4) is 17.0 Å². The van der Waals surface area contributed by atoms with E-state index in [9.17, 15) is 4.79 Å². The summed E-state index contributed by atoms with van der Waals surface area (Å²) < 4.78 is 17.7. The van der Waals surface area contributed by atoms with Crippen LogP contribution in [0.4, 0.5) is 0 Å². The van der Waals surface area contributed by atoms with Crippen molar-refractivity contribution in [2.24, 2.45) is 0 Å². The summed E-state index contributed by atoms with van der Waals surface area (Å²) in [5, 5.41) is 5.12. The number of hydrogen-bond donors (Lipinski definition) is 0. The third-order valence-electron chi connectivity index (χ3n) is 3.51. The molecule has 0 fully saturated rings. The molecule has 1 aromatic heterocycles. The van der Waals surface area contributed by atoms with Crippen molar-refractivity contribution in [3.63, 3.8) is 0 Å². The minimum atomic E-state index is -1.61. The number of carbonyl (C=O) groups excluding carboxylic acids is 1. The van der Waals surface area contributed by atoms with Crippen molar-refractivity contribution in [1.29, 1.82) is 0 Å². The lowest BCUT2D eigenvalue weighted by Crippen LogP contribution is -2.36. The second-order valence-corrected chi connectivity index (χ2v) is 14.2. The summed E-state index contributed by atoms with van der Waals surface area (Å²) in [4.78, 5) is 12.2. The van der Waals surface area contributed by atoms with Gasteiger partial charge in [-0.3, -0.25) is 0 Å². The molecule has 2 rings (SSSR count). The molecule has 7 heteroatoms. The molecule has 0 unspecified atom stereocenters. The van der Waals surface area contributed by atoms with Crippen LogP contribution >= 0.6 is 15.9 Å². The van der Waals surface area contributed by atoms with Crippen LogP contribution in [0.5, 0.6) is 5.75 Å². The van der Waals surface area contributed by atoms with Gasteiger partial charge in [0.15, 0.2) is 6.10 Å². The van der Waals surface area contributed by atoms with Crippen LogP contribution in [0.15, 0.2) is 33.3 Å². The smallest absolute Gasteiger partial charge is 0.347 e. The molecule has 5 nitrogen and oxygen atoms in total. The van der Waals surface area contributed by atoms with Gasteiger partial charge in [0.2, 0.25) is 0 Å². The van der Waals surface area contributed by atoms with Crippen LogP contribution in [0.25, 0.3) is 11.3 Å². The number of carbonyl (C=O) groups is 1. The van der Waals surface area contributed by atoms with Gasteiger partial charge in [0.1, 0.15) is 30.5 Å². The van der Waals surface area contributed by atoms with E-state index in [4.69, 9.17) is 14.0 Å². The normalized spacial score (nSPS) is 13.4. The van der Waals surface area contributed by atoms with E-state index in [1.807, 2.05) is 45.0 Å². The van der Waals surface area contributed by atoms with Gasteiger partial charge in [0.25, 0.3) is 0 Å². The van der Waals surface area contributed by atoms with Crippen molar-refractivity contribution in [1.82, 2.24) is 5.16 Å². The van der Waals surface area contributed by atoms with Gasteiger partial charge in [0, 0.05) is 16.1 Å².